The summed E-state index contributed by atoms with van der Waals surface area (Å²) in [6.07, 6.45) is 3.63. The molecule has 0 aliphatic rings. The highest BCUT2D eigenvalue weighted by Crippen LogP contribution is 2.22. The van der Waals surface area contributed by atoms with Crippen LogP contribution in [0.15, 0.2) is 54.2 Å². The van der Waals surface area contributed by atoms with Gasteiger partial charge in [-0.25, -0.2) is 4.98 Å². The van der Waals surface area contributed by atoms with Crippen LogP contribution in [-0.2, 0) is 7.05 Å². The second-order valence-electron chi connectivity index (χ2n) is 5.19. The molecule has 1 aromatic carbocycles. The highest BCUT2D eigenvalue weighted by molar-refractivity contribution is 7.12. The lowest BCUT2D eigenvalue weighted by Crippen LogP contribution is -2.30. The van der Waals surface area contributed by atoms with E-state index in [1.165, 1.54) is 11.3 Å². The smallest absolute Gasteiger partial charge is 0.262 e. The number of thiophene rings is 1. The zero-order valence-corrected chi connectivity index (χ0v) is 13.3. The number of nitrogens with one attached hydrogen (secondary N) is 1. The van der Waals surface area contributed by atoms with Gasteiger partial charge in [-0.15, -0.1) is 11.3 Å². The third-order valence-electron chi connectivity index (χ3n) is 3.51. The van der Waals surface area contributed by atoms with Crippen molar-refractivity contribution in [3.63, 3.8) is 0 Å². The Morgan fingerprint density at radius 2 is 2.18 bits per heavy atom. The fourth-order valence-electron chi connectivity index (χ4n) is 2.41. The van der Waals surface area contributed by atoms with Crippen molar-refractivity contribution in [2.24, 2.45) is 7.05 Å². The molecule has 112 valence electrons. The first-order valence-electron chi connectivity index (χ1n) is 7.03. The zero-order chi connectivity index (χ0) is 15.5. The molecule has 0 saturated carbocycles. The Labute approximate surface area is 133 Å². The number of carbonyl (C=O) groups excluding carboxylic acids is 1. The summed E-state index contributed by atoms with van der Waals surface area (Å²) in [6, 6.07) is 11.6. The molecule has 2 heterocycles. The summed E-state index contributed by atoms with van der Waals surface area (Å²) in [5.74, 6) is 0.736. The van der Waals surface area contributed by atoms with Crippen LogP contribution in [-0.4, -0.2) is 15.5 Å². The molecule has 0 spiro atoms. The highest BCUT2D eigenvalue weighted by atomic mass is 32.1. The van der Waals surface area contributed by atoms with E-state index in [0.29, 0.717) is 4.88 Å². The van der Waals surface area contributed by atoms with Gasteiger partial charge in [-0.1, -0.05) is 35.9 Å². The Kier molecular flexibility index (Phi) is 4.06. The molecule has 0 saturated heterocycles. The summed E-state index contributed by atoms with van der Waals surface area (Å²) in [6.45, 7) is 2.04. The average molecular weight is 311 g/mol. The number of aromatic nitrogens is 2. The maximum Gasteiger partial charge on any atom is 0.262 e. The third kappa shape index (κ3) is 2.94. The number of carbonyl (C=O) groups is 1. The third-order valence-corrected chi connectivity index (χ3v) is 4.38. The maximum absolute atomic E-state index is 12.4. The zero-order valence-electron chi connectivity index (χ0n) is 12.5. The van der Waals surface area contributed by atoms with Crippen LogP contribution in [0.2, 0.25) is 0 Å². The number of hydrogen-bond acceptors (Lipinski definition) is 3. The van der Waals surface area contributed by atoms with Crippen LogP contribution < -0.4 is 5.32 Å². The monoisotopic (exact) mass is 311 g/mol. The molecule has 22 heavy (non-hydrogen) atoms. The van der Waals surface area contributed by atoms with Gasteiger partial charge in [0.25, 0.3) is 5.91 Å². The molecule has 2 aromatic heterocycles. The van der Waals surface area contributed by atoms with Gasteiger partial charge in [0.15, 0.2) is 0 Å². The number of amides is 1. The van der Waals surface area contributed by atoms with E-state index in [4.69, 9.17) is 0 Å². The molecule has 0 aliphatic heterocycles. The normalized spacial score (nSPS) is 12.1. The first-order chi connectivity index (χ1) is 10.6. The standard InChI is InChI=1S/C17H17N3OS/c1-12-5-3-6-13(11-12)15(16-18-8-9-20(16)2)19-17(21)14-7-4-10-22-14/h3-11,15H,1-2H3,(H,19,21). The fraction of sp³-hybridized carbons (Fsp3) is 0.176. The van der Waals surface area contributed by atoms with Crippen LogP contribution in [0.5, 0.6) is 0 Å². The lowest BCUT2D eigenvalue weighted by Gasteiger charge is -2.19. The number of rotatable bonds is 4. The molecule has 5 heteroatoms. The molecule has 1 amide bonds. The van der Waals surface area contributed by atoms with Crippen molar-refractivity contribution in [2.45, 2.75) is 13.0 Å². The van der Waals surface area contributed by atoms with Crippen molar-refractivity contribution in [1.82, 2.24) is 14.9 Å². The number of aryl methyl sites for hydroxylation is 2. The van der Waals surface area contributed by atoms with Crippen molar-refractivity contribution in [3.8, 4) is 0 Å². The van der Waals surface area contributed by atoms with Gasteiger partial charge in [-0.05, 0) is 23.9 Å². The molecule has 0 aliphatic carbocycles. The van der Waals surface area contributed by atoms with Crippen LogP contribution in [0, 0.1) is 6.92 Å². The summed E-state index contributed by atoms with van der Waals surface area (Å²) in [7, 11) is 1.93. The highest BCUT2D eigenvalue weighted by Gasteiger charge is 2.21. The van der Waals surface area contributed by atoms with E-state index in [2.05, 4.69) is 16.4 Å². The predicted octanol–water partition coefficient (Wildman–Crippen LogP) is 3.31. The van der Waals surface area contributed by atoms with Gasteiger partial charge in [0, 0.05) is 19.4 Å². The molecule has 1 unspecified atom stereocenters. The lowest BCUT2D eigenvalue weighted by molar-refractivity contribution is 0.0945. The van der Waals surface area contributed by atoms with E-state index >= 15 is 0 Å². The average Bonchev–Trinajstić information content (AvgIpc) is 3.16. The van der Waals surface area contributed by atoms with E-state index in [-0.39, 0.29) is 11.9 Å². The van der Waals surface area contributed by atoms with Crippen molar-refractivity contribution in [1.29, 1.82) is 0 Å². The summed E-state index contributed by atoms with van der Waals surface area (Å²) >= 11 is 1.43. The van der Waals surface area contributed by atoms with E-state index in [0.717, 1.165) is 17.0 Å². The molecule has 0 radical (unpaired) electrons. The molecule has 4 nitrogen and oxygen atoms in total. The lowest BCUT2D eigenvalue weighted by atomic mass is 10.0. The Morgan fingerprint density at radius 1 is 1.32 bits per heavy atom. The topological polar surface area (TPSA) is 46.9 Å². The fourth-order valence-corrected chi connectivity index (χ4v) is 3.04. The van der Waals surface area contributed by atoms with Gasteiger partial charge in [0.2, 0.25) is 0 Å². The van der Waals surface area contributed by atoms with Crippen LogP contribution in [0.1, 0.15) is 32.7 Å². The van der Waals surface area contributed by atoms with E-state index in [1.54, 1.807) is 6.20 Å². The summed E-state index contributed by atoms with van der Waals surface area (Å²) in [5.41, 5.74) is 2.18. The number of hydrogen-bond donors (Lipinski definition) is 1. The van der Waals surface area contributed by atoms with E-state index in [1.807, 2.05) is 60.4 Å². The SMILES string of the molecule is Cc1cccc(C(NC(=O)c2cccs2)c2nccn2C)c1. The van der Waals surface area contributed by atoms with Crippen molar-refractivity contribution < 1.29 is 4.79 Å². The minimum absolute atomic E-state index is 0.0792. The van der Waals surface area contributed by atoms with Crippen molar-refractivity contribution in [3.05, 3.63) is 76.0 Å². The molecule has 3 rings (SSSR count). The molecule has 1 atom stereocenters. The molecular weight excluding hydrogens is 294 g/mol. The second-order valence-corrected chi connectivity index (χ2v) is 6.14. The summed E-state index contributed by atoms with van der Waals surface area (Å²) in [4.78, 5) is 17.6. The molecule has 0 fully saturated rings. The van der Waals surface area contributed by atoms with Crippen LogP contribution in [0.4, 0.5) is 0 Å². The van der Waals surface area contributed by atoms with Gasteiger partial charge in [0.1, 0.15) is 11.9 Å². The minimum Gasteiger partial charge on any atom is -0.337 e. The number of nitrogens with zero attached hydrogens (tertiary/aromatic N) is 2. The van der Waals surface area contributed by atoms with Gasteiger partial charge >= 0.3 is 0 Å². The Hall–Kier alpha value is -2.40. The quantitative estimate of drug-likeness (QED) is 0.803. The Morgan fingerprint density at radius 3 is 2.82 bits per heavy atom. The molecule has 3 aromatic rings. The van der Waals surface area contributed by atoms with E-state index in [9.17, 15) is 4.79 Å². The Bertz CT molecular complexity index is 777. The van der Waals surface area contributed by atoms with Crippen LogP contribution in [0.25, 0.3) is 0 Å². The number of imidazole rings is 1. The minimum atomic E-state index is -0.269. The van der Waals surface area contributed by atoms with Gasteiger partial charge in [-0.2, -0.15) is 0 Å². The van der Waals surface area contributed by atoms with Gasteiger partial charge in [-0.3, -0.25) is 4.79 Å². The van der Waals surface area contributed by atoms with E-state index < -0.39 is 0 Å². The first-order valence-corrected chi connectivity index (χ1v) is 7.91. The first kappa shape index (κ1) is 14.5. The molecule has 0 bridgehead atoms. The summed E-state index contributed by atoms with van der Waals surface area (Å²) < 4.78 is 1.93. The van der Waals surface area contributed by atoms with Crippen molar-refractivity contribution >= 4 is 17.2 Å². The Balaban J connectivity index is 1.97. The van der Waals surface area contributed by atoms with Gasteiger partial charge < -0.3 is 9.88 Å². The van der Waals surface area contributed by atoms with Crippen LogP contribution >= 0.6 is 11.3 Å². The predicted molar refractivity (Wildman–Crippen MR) is 88.0 cm³/mol. The van der Waals surface area contributed by atoms with Crippen molar-refractivity contribution in [2.75, 3.05) is 0 Å². The maximum atomic E-state index is 12.4. The molecule has 1 N–H and O–H groups in total. The summed E-state index contributed by atoms with van der Waals surface area (Å²) in [5, 5.41) is 4.99. The van der Waals surface area contributed by atoms with Gasteiger partial charge in [0.05, 0.1) is 4.88 Å². The molecular formula is C17H17N3OS. The second kappa shape index (κ2) is 6.15. The largest absolute Gasteiger partial charge is 0.337 e. The van der Waals surface area contributed by atoms with Crippen LogP contribution in [0.3, 0.4) is 0 Å². The number of benzene rings is 1.